The van der Waals surface area contributed by atoms with Gasteiger partial charge in [-0.3, -0.25) is 0 Å². The molecule has 0 aromatic heterocycles. The number of aliphatic imine (C=N–C) groups is 2. The van der Waals surface area contributed by atoms with Crippen LogP contribution in [0.2, 0.25) is 0 Å². The molecule has 0 N–H and O–H groups in total. The summed E-state index contributed by atoms with van der Waals surface area (Å²) in [5, 5.41) is 0. The second kappa shape index (κ2) is 6.79. The first kappa shape index (κ1) is 16.3. The highest BCUT2D eigenvalue weighted by Crippen LogP contribution is 2.27. The number of carbonyl (C=O) groups excluding carboxylic acids is 2. The molecule has 0 amide bonds. The van der Waals surface area contributed by atoms with Crippen LogP contribution in [-0.4, -0.2) is 12.2 Å². The van der Waals surface area contributed by atoms with Crippen LogP contribution in [0, 0.1) is 23.3 Å². The fraction of sp³-hybridized carbons (Fsp3) is 0.0667. The van der Waals surface area contributed by atoms with E-state index in [2.05, 4.69) is 9.98 Å². The molecule has 4 nitrogen and oxygen atoms in total. The van der Waals surface area contributed by atoms with Crippen molar-refractivity contribution in [3.05, 3.63) is 58.7 Å². The fourth-order valence-corrected chi connectivity index (χ4v) is 1.98. The van der Waals surface area contributed by atoms with Gasteiger partial charge in [-0.25, -0.2) is 27.2 Å². The molecule has 0 radical (unpaired) electrons. The first-order chi connectivity index (χ1) is 11.0. The summed E-state index contributed by atoms with van der Waals surface area (Å²) >= 11 is 0. The number of isocyanates is 2. The van der Waals surface area contributed by atoms with Gasteiger partial charge in [0.05, 0.1) is 0 Å². The van der Waals surface area contributed by atoms with Crippen molar-refractivity contribution in [3.8, 4) is 0 Å². The Morgan fingerprint density at radius 2 is 1.00 bits per heavy atom. The van der Waals surface area contributed by atoms with Crippen molar-refractivity contribution in [3.63, 3.8) is 0 Å². The SMILES string of the molecule is O=C=Nc1c(F)cc(Cc2cc(F)c(N=C=O)c(F)c2)cc1F. The summed E-state index contributed by atoms with van der Waals surface area (Å²) in [6.07, 6.45) is 1.85. The molecule has 0 aliphatic rings. The maximum absolute atomic E-state index is 13.6. The molecule has 0 saturated heterocycles. The number of hydrogen-bond donors (Lipinski definition) is 0. The zero-order valence-corrected chi connectivity index (χ0v) is 11.2. The van der Waals surface area contributed by atoms with Gasteiger partial charge in [0.15, 0.2) is 23.3 Å². The summed E-state index contributed by atoms with van der Waals surface area (Å²) in [4.78, 5) is 25.9. The Hall–Kier alpha value is -3.08. The Balaban J connectivity index is 2.40. The monoisotopic (exact) mass is 322 g/mol. The van der Waals surface area contributed by atoms with E-state index in [-0.39, 0.29) is 17.5 Å². The molecule has 0 atom stereocenters. The Morgan fingerprint density at radius 3 is 1.26 bits per heavy atom. The van der Waals surface area contributed by atoms with Crippen LogP contribution in [0.1, 0.15) is 11.1 Å². The van der Waals surface area contributed by atoms with Gasteiger partial charge in [-0.1, -0.05) is 0 Å². The van der Waals surface area contributed by atoms with Crippen molar-refractivity contribution < 1.29 is 27.2 Å². The largest absolute Gasteiger partial charge is 0.240 e. The van der Waals surface area contributed by atoms with Gasteiger partial charge >= 0.3 is 0 Å². The van der Waals surface area contributed by atoms with Crippen molar-refractivity contribution in [2.45, 2.75) is 6.42 Å². The molecule has 0 saturated carbocycles. The summed E-state index contributed by atoms with van der Waals surface area (Å²) in [6, 6.07) is 3.53. The average Bonchev–Trinajstić information content (AvgIpc) is 2.47. The lowest BCUT2D eigenvalue weighted by molar-refractivity contribution is 0.559. The van der Waals surface area contributed by atoms with Gasteiger partial charge in [0, 0.05) is 0 Å². The number of benzene rings is 2. The minimum Gasteiger partial charge on any atom is -0.211 e. The summed E-state index contributed by atoms with van der Waals surface area (Å²) in [6.45, 7) is 0. The van der Waals surface area contributed by atoms with E-state index in [1.807, 2.05) is 0 Å². The molecule has 8 heteroatoms. The highest BCUT2D eigenvalue weighted by Gasteiger charge is 2.14. The van der Waals surface area contributed by atoms with Crippen molar-refractivity contribution in [1.82, 2.24) is 0 Å². The average molecular weight is 322 g/mol. The zero-order valence-electron chi connectivity index (χ0n) is 11.2. The van der Waals surface area contributed by atoms with E-state index in [1.54, 1.807) is 0 Å². The molecule has 23 heavy (non-hydrogen) atoms. The molecular weight excluding hydrogens is 316 g/mol. The van der Waals surface area contributed by atoms with Crippen molar-refractivity contribution in [2.75, 3.05) is 0 Å². The standard InChI is InChI=1S/C15H6F4N2O2/c16-10-2-8(3-11(17)14(10)20-6-22)1-9-4-12(18)15(21-7-23)13(19)5-9/h2-5H,1H2. The normalized spacial score (nSPS) is 9.91. The summed E-state index contributed by atoms with van der Waals surface area (Å²) < 4.78 is 54.4. The minimum absolute atomic E-state index is 0.0651. The van der Waals surface area contributed by atoms with Gasteiger partial charge < -0.3 is 0 Å². The van der Waals surface area contributed by atoms with Crippen LogP contribution < -0.4 is 0 Å². The van der Waals surface area contributed by atoms with E-state index in [9.17, 15) is 27.2 Å². The maximum atomic E-state index is 13.6. The molecular formula is C15H6F4N2O2. The summed E-state index contributed by atoms with van der Waals surface area (Å²) in [5.74, 6) is -4.42. The third-order valence-electron chi connectivity index (χ3n) is 2.88. The lowest BCUT2D eigenvalue weighted by Crippen LogP contribution is -1.95. The Morgan fingerprint density at radius 1 is 0.696 bits per heavy atom. The van der Waals surface area contributed by atoms with Crippen LogP contribution in [0.15, 0.2) is 34.3 Å². The molecule has 2 aromatic carbocycles. The van der Waals surface area contributed by atoms with E-state index in [4.69, 9.17) is 0 Å². The van der Waals surface area contributed by atoms with Gasteiger partial charge in [-0.15, -0.1) is 0 Å². The molecule has 0 aliphatic carbocycles. The van der Waals surface area contributed by atoms with Crippen LogP contribution in [0.4, 0.5) is 28.9 Å². The quantitative estimate of drug-likeness (QED) is 0.489. The Bertz CT molecular complexity index is 752. The van der Waals surface area contributed by atoms with E-state index >= 15 is 0 Å². The van der Waals surface area contributed by atoms with Crippen LogP contribution in [-0.2, 0) is 16.0 Å². The lowest BCUT2D eigenvalue weighted by atomic mass is 10.0. The van der Waals surface area contributed by atoms with Gasteiger partial charge in [0.2, 0.25) is 12.2 Å². The smallest absolute Gasteiger partial charge is 0.211 e. The Kier molecular flexibility index (Phi) is 4.81. The van der Waals surface area contributed by atoms with Gasteiger partial charge in [-0.2, -0.15) is 9.98 Å². The predicted molar refractivity (Wildman–Crippen MR) is 71.1 cm³/mol. The number of nitrogens with zero attached hydrogens (tertiary/aromatic N) is 2. The molecule has 0 unspecified atom stereocenters. The highest BCUT2D eigenvalue weighted by molar-refractivity contribution is 5.53. The topological polar surface area (TPSA) is 58.9 Å². The highest BCUT2D eigenvalue weighted by atomic mass is 19.1. The van der Waals surface area contributed by atoms with Crippen molar-refractivity contribution in [1.29, 1.82) is 0 Å². The van der Waals surface area contributed by atoms with E-state index in [0.717, 1.165) is 36.4 Å². The number of rotatable bonds is 4. The summed E-state index contributed by atoms with van der Waals surface area (Å²) in [5.41, 5.74) is -1.46. The predicted octanol–water partition coefficient (Wildman–Crippen LogP) is 3.77. The van der Waals surface area contributed by atoms with Crippen molar-refractivity contribution in [2.24, 2.45) is 9.98 Å². The lowest BCUT2D eigenvalue weighted by Gasteiger charge is -2.06. The first-order valence-electron chi connectivity index (χ1n) is 6.08. The van der Waals surface area contributed by atoms with E-state index in [0.29, 0.717) is 0 Å². The van der Waals surface area contributed by atoms with E-state index < -0.39 is 34.6 Å². The van der Waals surface area contributed by atoms with Crippen LogP contribution in [0.5, 0.6) is 0 Å². The first-order valence-corrected chi connectivity index (χ1v) is 6.08. The van der Waals surface area contributed by atoms with Crippen LogP contribution >= 0.6 is 0 Å². The molecule has 0 spiro atoms. The van der Waals surface area contributed by atoms with Crippen LogP contribution in [0.3, 0.4) is 0 Å². The number of hydrogen-bond acceptors (Lipinski definition) is 4. The molecule has 116 valence electrons. The maximum Gasteiger partial charge on any atom is 0.240 e. The fourth-order valence-electron chi connectivity index (χ4n) is 1.98. The van der Waals surface area contributed by atoms with Crippen molar-refractivity contribution >= 4 is 23.5 Å². The molecule has 2 rings (SSSR count). The van der Waals surface area contributed by atoms with Gasteiger partial charge in [0.1, 0.15) is 11.4 Å². The molecule has 2 aromatic rings. The zero-order chi connectivity index (χ0) is 17.0. The van der Waals surface area contributed by atoms with Gasteiger partial charge in [-0.05, 0) is 41.8 Å². The molecule has 0 bridgehead atoms. The number of halogens is 4. The second-order valence-corrected chi connectivity index (χ2v) is 4.40. The molecule has 0 fully saturated rings. The van der Waals surface area contributed by atoms with Crippen LogP contribution in [0.25, 0.3) is 0 Å². The van der Waals surface area contributed by atoms with E-state index in [1.165, 1.54) is 0 Å². The summed E-state index contributed by atoms with van der Waals surface area (Å²) in [7, 11) is 0. The van der Waals surface area contributed by atoms with Gasteiger partial charge in [0.25, 0.3) is 0 Å². The Labute approximate surface area is 126 Å². The molecule has 0 heterocycles. The minimum atomic E-state index is -1.11. The third kappa shape index (κ3) is 3.58. The third-order valence-corrected chi connectivity index (χ3v) is 2.88. The second-order valence-electron chi connectivity index (χ2n) is 4.40. The molecule has 0 aliphatic heterocycles.